The highest BCUT2D eigenvalue weighted by Gasteiger charge is 2.33. The van der Waals surface area contributed by atoms with Crippen LogP contribution in [-0.2, 0) is 9.84 Å². The Hall–Kier alpha value is -2.81. The maximum absolute atomic E-state index is 12.5. The summed E-state index contributed by atoms with van der Waals surface area (Å²) in [7, 11) is -1.49. The zero-order valence-electron chi connectivity index (χ0n) is 15.0. The van der Waals surface area contributed by atoms with Gasteiger partial charge in [-0.3, -0.25) is 9.59 Å². The molecule has 0 aliphatic carbocycles. The molecule has 1 aromatic carbocycles. The van der Waals surface area contributed by atoms with Gasteiger partial charge in [-0.1, -0.05) is 12.1 Å². The van der Waals surface area contributed by atoms with Crippen molar-refractivity contribution in [2.75, 3.05) is 23.9 Å². The number of Topliss-reactive ketones (excluding diaryl/α,β-unsaturated/α-hetero) is 1. The molecule has 1 aromatic heterocycles. The van der Waals surface area contributed by atoms with Gasteiger partial charge >= 0.3 is 0 Å². The van der Waals surface area contributed by atoms with Gasteiger partial charge in [-0.15, -0.1) is 10.2 Å². The minimum atomic E-state index is -3.07. The summed E-state index contributed by atoms with van der Waals surface area (Å²) in [6, 6.07) is 9.79. The van der Waals surface area contributed by atoms with Gasteiger partial charge in [0.2, 0.25) is 0 Å². The number of amides is 1. The first-order valence-electron chi connectivity index (χ1n) is 8.44. The Labute approximate surface area is 157 Å². The van der Waals surface area contributed by atoms with Crippen LogP contribution in [0.1, 0.15) is 34.2 Å². The van der Waals surface area contributed by atoms with E-state index in [2.05, 4.69) is 15.5 Å². The lowest BCUT2D eigenvalue weighted by atomic mass is 10.1. The molecule has 0 saturated carbocycles. The summed E-state index contributed by atoms with van der Waals surface area (Å²) in [6.07, 6.45) is 0.435. The van der Waals surface area contributed by atoms with E-state index in [1.807, 2.05) is 0 Å². The Balaban J connectivity index is 1.69. The van der Waals surface area contributed by atoms with Gasteiger partial charge < -0.3 is 10.2 Å². The van der Waals surface area contributed by atoms with Crippen molar-refractivity contribution < 1.29 is 18.0 Å². The summed E-state index contributed by atoms with van der Waals surface area (Å²) in [4.78, 5) is 25.4. The predicted octanol–water partition coefficient (Wildman–Crippen LogP) is 1.68. The van der Waals surface area contributed by atoms with E-state index < -0.39 is 9.84 Å². The summed E-state index contributed by atoms with van der Waals surface area (Å²) in [5, 5.41) is 11.0. The highest BCUT2D eigenvalue weighted by atomic mass is 32.2. The number of sulfone groups is 1. The summed E-state index contributed by atoms with van der Waals surface area (Å²) in [5.41, 5.74) is 1.40. The molecule has 0 spiro atoms. The molecule has 0 radical (unpaired) electrons. The molecule has 142 valence electrons. The fourth-order valence-electron chi connectivity index (χ4n) is 2.90. The van der Waals surface area contributed by atoms with Crippen LogP contribution in [0.3, 0.4) is 0 Å². The SMILES string of the molecule is CC(=O)c1cccc(Nc2ccc(C(=O)N(C)C3CCS(=O)(=O)C3)nn2)c1. The molecule has 1 unspecified atom stereocenters. The number of anilines is 2. The Morgan fingerprint density at radius 1 is 1.19 bits per heavy atom. The molecule has 1 fully saturated rings. The van der Waals surface area contributed by atoms with Gasteiger partial charge in [0.1, 0.15) is 0 Å². The van der Waals surface area contributed by atoms with E-state index in [9.17, 15) is 18.0 Å². The van der Waals surface area contributed by atoms with E-state index in [1.165, 1.54) is 17.9 Å². The first-order valence-corrected chi connectivity index (χ1v) is 10.3. The first-order chi connectivity index (χ1) is 12.7. The number of benzene rings is 1. The number of aromatic nitrogens is 2. The van der Waals surface area contributed by atoms with Crippen molar-refractivity contribution in [2.24, 2.45) is 0 Å². The van der Waals surface area contributed by atoms with Gasteiger partial charge in [0, 0.05) is 24.3 Å². The van der Waals surface area contributed by atoms with Crippen LogP contribution in [0.15, 0.2) is 36.4 Å². The van der Waals surface area contributed by atoms with E-state index in [-0.39, 0.29) is 34.9 Å². The van der Waals surface area contributed by atoms with Gasteiger partial charge in [0.15, 0.2) is 27.1 Å². The van der Waals surface area contributed by atoms with Crippen LogP contribution in [0, 0.1) is 0 Å². The van der Waals surface area contributed by atoms with Gasteiger partial charge in [-0.25, -0.2) is 8.42 Å². The molecule has 9 heteroatoms. The van der Waals surface area contributed by atoms with Gasteiger partial charge in [-0.2, -0.15) is 0 Å². The molecule has 27 heavy (non-hydrogen) atoms. The quantitative estimate of drug-likeness (QED) is 0.776. The number of carbonyl (C=O) groups is 2. The highest BCUT2D eigenvalue weighted by Crippen LogP contribution is 2.19. The van der Waals surface area contributed by atoms with Crippen molar-refractivity contribution in [1.82, 2.24) is 15.1 Å². The lowest BCUT2D eigenvalue weighted by molar-refractivity contribution is 0.0740. The molecule has 2 heterocycles. The molecule has 8 nitrogen and oxygen atoms in total. The van der Waals surface area contributed by atoms with E-state index in [4.69, 9.17) is 0 Å². The number of ketones is 1. The van der Waals surface area contributed by atoms with Crippen molar-refractivity contribution in [3.63, 3.8) is 0 Å². The summed E-state index contributed by atoms with van der Waals surface area (Å²) >= 11 is 0. The van der Waals surface area contributed by atoms with Crippen LogP contribution in [0.25, 0.3) is 0 Å². The van der Waals surface area contributed by atoms with Crippen LogP contribution in [-0.4, -0.2) is 59.8 Å². The van der Waals surface area contributed by atoms with Crippen molar-refractivity contribution in [3.8, 4) is 0 Å². The van der Waals surface area contributed by atoms with Crippen LogP contribution >= 0.6 is 0 Å². The topological polar surface area (TPSA) is 109 Å². The summed E-state index contributed by atoms with van der Waals surface area (Å²) < 4.78 is 23.2. The molecular formula is C18H20N4O4S. The standard InChI is InChI=1S/C18H20N4O4S/c1-12(23)13-4-3-5-14(10-13)19-17-7-6-16(20-21-17)18(24)22(2)15-8-9-27(25,26)11-15/h3-7,10,15H,8-9,11H2,1-2H3,(H,19,21). The average Bonchev–Trinajstić information content (AvgIpc) is 3.01. The molecule has 2 aromatic rings. The van der Waals surface area contributed by atoms with E-state index in [1.54, 1.807) is 37.4 Å². The minimum Gasteiger partial charge on any atom is -0.339 e. The Bertz CT molecular complexity index is 973. The molecule has 1 atom stereocenters. The van der Waals surface area contributed by atoms with Crippen LogP contribution < -0.4 is 5.32 Å². The Morgan fingerprint density at radius 2 is 1.96 bits per heavy atom. The van der Waals surface area contributed by atoms with Crippen LogP contribution in [0.5, 0.6) is 0 Å². The average molecular weight is 388 g/mol. The molecular weight excluding hydrogens is 368 g/mol. The van der Waals surface area contributed by atoms with Crippen molar-refractivity contribution in [1.29, 1.82) is 0 Å². The number of nitrogens with one attached hydrogen (secondary N) is 1. The van der Waals surface area contributed by atoms with Crippen molar-refractivity contribution >= 4 is 33.0 Å². The number of hydrogen-bond acceptors (Lipinski definition) is 7. The van der Waals surface area contributed by atoms with Crippen LogP contribution in [0.4, 0.5) is 11.5 Å². The zero-order valence-corrected chi connectivity index (χ0v) is 15.9. The monoisotopic (exact) mass is 388 g/mol. The second-order valence-corrected chi connectivity index (χ2v) is 8.77. The fourth-order valence-corrected chi connectivity index (χ4v) is 4.68. The second-order valence-electron chi connectivity index (χ2n) is 6.54. The number of nitrogens with zero attached hydrogens (tertiary/aromatic N) is 3. The van der Waals surface area contributed by atoms with E-state index in [0.29, 0.717) is 23.5 Å². The molecule has 1 N–H and O–H groups in total. The third-order valence-electron chi connectivity index (χ3n) is 4.50. The lowest BCUT2D eigenvalue weighted by Crippen LogP contribution is -2.38. The summed E-state index contributed by atoms with van der Waals surface area (Å²) in [5.74, 6) is 0.105. The highest BCUT2D eigenvalue weighted by molar-refractivity contribution is 7.91. The third-order valence-corrected chi connectivity index (χ3v) is 6.25. The molecule has 1 saturated heterocycles. The Kier molecular flexibility index (Phi) is 5.22. The number of carbonyl (C=O) groups excluding carboxylic acids is 2. The maximum atomic E-state index is 12.5. The first kappa shape index (κ1) is 19.0. The van der Waals surface area contributed by atoms with Crippen LogP contribution in [0.2, 0.25) is 0 Å². The van der Waals surface area contributed by atoms with Gasteiger partial charge in [-0.05, 0) is 37.6 Å². The van der Waals surface area contributed by atoms with E-state index in [0.717, 1.165) is 0 Å². The zero-order chi connectivity index (χ0) is 19.6. The third kappa shape index (κ3) is 4.48. The predicted molar refractivity (Wildman–Crippen MR) is 101 cm³/mol. The second kappa shape index (κ2) is 7.43. The van der Waals surface area contributed by atoms with Crippen molar-refractivity contribution in [3.05, 3.63) is 47.7 Å². The molecule has 1 aliphatic rings. The molecule has 1 aliphatic heterocycles. The fraction of sp³-hybridized carbons (Fsp3) is 0.333. The molecule has 1 amide bonds. The van der Waals surface area contributed by atoms with Gasteiger partial charge in [0.05, 0.1) is 11.5 Å². The lowest BCUT2D eigenvalue weighted by Gasteiger charge is -2.22. The normalized spacial score (nSPS) is 18.1. The largest absolute Gasteiger partial charge is 0.339 e. The van der Waals surface area contributed by atoms with Crippen molar-refractivity contribution in [2.45, 2.75) is 19.4 Å². The Morgan fingerprint density at radius 3 is 2.56 bits per heavy atom. The molecule has 0 bridgehead atoms. The minimum absolute atomic E-state index is 0.0191. The number of rotatable bonds is 5. The van der Waals surface area contributed by atoms with Gasteiger partial charge in [0.25, 0.3) is 5.91 Å². The van der Waals surface area contributed by atoms with E-state index >= 15 is 0 Å². The number of hydrogen-bond donors (Lipinski definition) is 1. The summed E-state index contributed by atoms with van der Waals surface area (Å²) in [6.45, 7) is 1.49. The maximum Gasteiger partial charge on any atom is 0.274 e. The molecule has 3 rings (SSSR count). The smallest absolute Gasteiger partial charge is 0.274 e.